The van der Waals surface area contributed by atoms with Gasteiger partial charge in [-0.25, -0.2) is 17.9 Å². The van der Waals surface area contributed by atoms with Crippen LogP contribution in [0.1, 0.15) is 22.8 Å². The van der Waals surface area contributed by atoms with Gasteiger partial charge in [0, 0.05) is 5.69 Å². The molecule has 2 aromatic carbocycles. The molecular formula is C16H16FN3O3S. The molecule has 1 amide bonds. The van der Waals surface area contributed by atoms with Gasteiger partial charge in [-0.05, 0) is 37.6 Å². The molecule has 1 aliphatic rings. The summed E-state index contributed by atoms with van der Waals surface area (Å²) in [6, 6.07) is 9.28. The van der Waals surface area contributed by atoms with Crippen LogP contribution < -0.4 is 15.4 Å². The highest BCUT2D eigenvalue weighted by atomic mass is 32.2. The highest BCUT2D eigenvalue weighted by molar-refractivity contribution is 7.89. The average Bonchev–Trinajstić information content (AvgIpc) is 2.47. The van der Waals surface area contributed by atoms with Crippen molar-refractivity contribution in [3.8, 4) is 0 Å². The summed E-state index contributed by atoms with van der Waals surface area (Å²) in [5.41, 5.74) is 1.87. The van der Waals surface area contributed by atoms with Crippen molar-refractivity contribution in [2.24, 2.45) is 5.14 Å². The number of nitrogens with one attached hydrogen (secondary N) is 1. The Morgan fingerprint density at radius 2 is 1.92 bits per heavy atom. The number of rotatable bonds is 2. The maximum atomic E-state index is 14.0. The van der Waals surface area contributed by atoms with Gasteiger partial charge in [0.2, 0.25) is 10.0 Å². The van der Waals surface area contributed by atoms with Crippen LogP contribution in [0, 0.1) is 12.7 Å². The summed E-state index contributed by atoms with van der Waals surface area (Å²) in [5.74, 6) is -1.41. The van der Waals surface area contributed by atoms with Crippen LogP contribution >= 0.6 is 0 Å². The van der Waals surface area contributed by atoms with Crippen molar-refractivity contribution in [1.82, 2.24) is 0 Å². The molecule has 1 heterocycles. The molecule has 1 atom stereocenters. The topological polar surface area (TPSA) is 92.5 Å². The van der Waals surface area contributed by atoms with Gasteiger partial charge in [0.25, 0.3) is 5.91 Å². The van der Waals surface area contributed by atoms with Crippen LogP contribution in [0.4, 0.5) is 15.8 Å². The highest BCUT2D eigenvalue weighted by Gasteiger charge is 2.33. The van der Waals surface area contributed by atoms with E-state index in [-0.39, 0.29) is 11.3 Å². The van der Waals surface area contributed by atoms with E-state index in [1.165, 1.54) is 4.90 Å². The monoisotopic (exact) mass is 349 g/mol. The summed E-state index contributed by atoms with van der Waals surface area (Å²) in [6.45, 7) is 3.63. The molecule has 8 heteroatoms. The molecule has 0 fully saturated rings. The first kappa shape index (κ1) is 16.4. The Labute approximate surface area is 139 Å². The number of hydrogen-bond acceptors (Lipinski definition) is 4. The first-order valence-corrected chi connectivity index (χ1v) is 8.77. The Morgan fingerprint density at radius 3 is 2.54 bits per heavy atom. The zero-order valence-corrected chi connectivity index (χ0v) is 13.9. The lowest BCUT2D eigenvalue weighted by Crippen LogP contribution is -2.47. The van der Waals surface area contributed by atoms with Crippen molar-refractivity contribution in [3.63, 3.8) is 0 Å². The Hall–Kier alpha value is -2.45. The fourth-order valence-electron chi connectivity index (χ4n) is 2.81. The molecule has 1 unspecified atom stereocenters. The molecule has 1 aliphatic heterocycles. The van der Waals surface area contributed by atoms with Crippen LogP contribution in [0.25, 0.3) is 0 Å². The first-order valence-electron chi connectivity index (χ1n) is 7.22. The number of amides is 1. The third-order valence-electron chi connectivity index (χ3n) is 3.95. The van der Waals surface area contributed by atoms with Crippen molar-refractivity contribution in [2.75, 3.05) is 10.2 Å². The van der Waals surface area contributed by atoms with Gasteiger partial charge in [-0.15, -0.1) is 0 Å². The zero-order chi connectivity index (χ0) is 17.6. The second kappa shape index (κ2) is 5.57. The molecular weight excluding hydrogens is 333 g/mol. The second-order valence-electron chi connectivity index (χ2n) is 5.66. The number of anilines is 2. The van der Waals surface area contributed by atoms with Crippen LogP contribution in [0.3, 0.4) is 0 Å². The summed E-state index contributed by atoms with van der Waals surface area (Å²) in [6.07, 6.45) is -0.425. The van der Waals surface area contributed by atoms with Crippen LogP contribution in [-0.4, -0.2) is 20.5 Å². The molecule has 2 aromatic rings. The molecule has 3 N–H and O–H groups in total. The number of benzene rings is 2. The lowest BCUT2D eigenvalue weighted by molar-refractivity contribution is 0.0976. The van der Waals surface area contributed by atoms with E-state index in [1.54, 1.807) is 19.1 Å². The molecule has 0 aliphatic carbocycles. The quantitative estimate of drug-likeness (QED) is 0.869. The van der Waals surface area contributed by atoms with E-state index in [2.05, 4.69) is 5.32 Å². The molecule has 3 rings (SSSR count). The minimum atomic E-state index is -4.27. The number of nitrogens with zero attached hydrogens (tertiary/aromatic N) is 1. The highest BCUT2D eigenvalue weighted by Crippen LogP contribution is 2.33. The predicted octanol–water partition coefficient (Wildman–Crippen LogP) is 2.20. The summed E-state index contributed by atoms with van der Waals surface area (Å²) in [7, 11) is -4.27. The lowest BCUT2D eigenvalue weighted by atomic mass is 10.1. The standard InChI is InChI=1S/C16H16FN3O3S/c1-9-5-3-4-6-14(9)20-10(2)19-13-8-12(17)15(24(18,22)23)7-11(13)16(20)21/h3-8,10,19H,1-2H3,(H2,18,22,23). The summed E-state index contributed by atoms with van der Waals surface area (Å²) in [5, 5.41) is 8.04. The molecule has 126 valence electrons. The summed E-state index contributed by atoms with van der Waals surface area (Å²) in [4.78, 5) is 13.7. The van der Waals surface area contributed by atoms with Gasteiger partial charge in [0.05, 0.1) is 11.3 Å². The second-order valence-corrected chi connectivity index (χ2v) is 7.19. The van der Waals surface area contributed by atoms with Gasteiger partial charge in [-0.3, -0.25) is 9.69 Å². The molecule has 0 radical (unpaired) electrons. The number of nitrogens with two attached hydrogens (primary N) is 1. The zero-order valence-electron chi connectivity index (χ0n) is 13.1. The van der Waals surface area contributed by atoms with E-state index in [4.69, 9.17) is 5.14 Å². The van der Waals surface area contributed by atoms with Crippen molar-refractivity contribution >= 4 is 27.3 Å². The Kier molecular flexibility index (Phi) is 3.81. The number of primary sulfonamides is 1. The number of hydrogen-bond donors (Lipinski definition) is 2. The lowest BCUT2D eigenvalue weighted by Gasteiger charge is -2.36. The largest absolute Gasteiger partial charge is 0.364 e. The minimum absolute atomic E-state index is 0.0572. The van der Waals surface area contributed by atoms with E-state index in [0.29, 0.717) is 5.69 Å². The van der Waals surface area contributed by atoms with Gasteiger partial charge >= 0.3 is 0 Å². The normalized spacial score (nSPS) is 17.4. The molecule has 0 saturated heterocycles. The predicted molar refractivity (Wildman–Crippen MR) is 88.8 cm³/mol. The molecule has 0 aromatic heterocycles. The summed E-state index contributed by atoms with van der Waals surface area (Å²) < 4.78 is 37.0. The van der Waals surface area contributed by atoms with E-state index >= 15 is 0 Å². The van der Waals surface area contributed by atoms with Gasteiger partial charge in [-0.2, -0.15) is 0 Å². The number of carbonyl (C=O) groups is 1. The number of para-hydroxylation sites is 1. The molecule has 0 saturated carbocycles. The maximum absolute atomic E-state index is 14.0. The van der Waals surface area contributed by atoms with Gasteiger partial charge in [0.1, 0.15) is 16.9 Å². The van der Waals surface area contributed by atoms with Crippen LogP contribution in [0.2, 0.25) is 0 Å². The Bertz CT molecular complexity index is 944. The SMILES string of the molecule is Cc1ccccc1N1C(=O)c2cc(S(N)(=O)=O)c(F)cc2NC1C. The average molecular weight is 349 g/mol. The number of aryl methyl sites for hydroxylation is 1. The molecule has 6 nitrogen and oxygen atoms in total. The van der Waals surface area contributed by atoms with Crippen LogP contribution in [0.5, 0.6) is 0 Å². The minimum Gasteiger partial charge on any atom is -0.364 e. The van der Waals surface area contributed by atoms with Crippen LogP contribution in [0.15, 0.2) is 41.3 Å². The number of halogens is 1. The van der Waals surface area contributed by atoms with Crippen LogP contribution in [-0.2, 0) is 10.0 Å². The third kappa shape index (κ3) is 2.63. The van der Waals surface area contributed by atoms with E-state index < -0.39 is 32.8 Å². The van der Waals surface area contributed by atoms with Gasteiger partial charge in [-0.1, -0.05) is 18.2 Å². The number of fused-ring (bicyclic) bond motifs is 1. The van der Waals surface area contributed by atoms with Gasteiger partial charge < -0.3 is 5.32 Å². The third-order valence-corrected chi connectivity index (χ3v) is 4.88. The Balaban J connectivity index is 2.17. The molecule has 0 bridgehead atoms. The van der Waals surface area contributed by atoms with Crippen molar-refractivity contribution in [2.45, 2.75) is 24.9 Å². The number of sulfonamides is 1. The van der Waals surface area contributed by atoms with E-state index in [9.17, 15) is 17.6 Å². The molecule has 0 spiro atoms. The van der Waals surface area contributed by atoms with E-state index in [0.717, 1.165) is 17.7 Å². The number of carbonyl (C=O) groups excluding carboxylic acids is 1. The van der Waals surface area contributed by atoms with E-state index in [1.807, 2.05) is 19.1 Å². The molecule has 24 heavy (non-hydrogen) atoms. The Morgan fingerprint density at radius 1 is 1.25 bits per heavy atom. The smallest absolute Gasteiger partial charge is 0.262 e. The van der Waals surface area contributed by atoms with Crippen molar-refractivity contribution < 1.29 is 17.6 Å². The first-order chi connectivity index (χ1) is 11.2. The van der Waals surface area contributed by atoms with Crippen molar-refractivity contribution in [3.05, 3.63) is 53.3 Å². The maximum Gasteiger partial charge on any atom is 0.262 e. The fourth-order valence-corrected chi connectivity index (χ4v) is 3.43. The summed E-state index contributed by atoms with van der Waals surface area (Å²) >= 11 is 0. The fraction of sp³-hybridized carbons (Fsp3) is 0.188. The van der Waals surface area contributed by atoms with Gasteiger partial charge in [0.15, 0.2) is 0 Å². The van der Waals surface area contributed by atoms with Crippen molar-refractivity contribution in [1.29, 1.82) is 0 Å².